The fourth-order valence-corrected chi connectivity index (χ4v) is 3.19. The van der Waals surface area contributed by atoms with Gasteiger partial charge < -0.3 is 20.2 Å². The van der Waals surface area contributed by atoms with E-state index in [9.17, 15) is 14.7 Å². The molecule has 0 saturated carbocycles. The lowest BCUT2D eigenvalue weighted by molar-refractivity contribution is -0.116. The summed E-state index contributed by atoms with van der Waals surface area (Å²) < 4.78 is 0. The van der Waals surface area contributed by atoms with E-state index in [1.54, 1.807) is 18.3 Å². The molecule has 1 saturated heterocycles. The number of amides is 1. The van der Waals surface area contributed by atoms with Crippen molar-refractivity contribution in [2.75, 3.05) is 41.3 Å². The predicted molar refractivity (Wildman–Crippen MR) is 106 cm³/mol. The molecule has 0 radical (unpaired) electrons. The maximum Gasteiger partial charge on any atom is 0.337 e. The fourth-order valence-electron chi connectivity index (χ4n) is 3.19. The lowest BCUT2D eigenvalue weighted by atomic mass is 10.1. The van der Waals surface area contributed by atoms with Crippen molar-refractivity contribution in [3.8, 4) is 0 Å². The quantitative estimate of drug-likeness (QED) is 0.815. The van der Waals surface area contributed by atoms with E-state index in [0.29, 0.717) is 18.5 Å². The van der Waals surface area contributed by atoms with Crippen LogP contribution in [0.4, 0.5) is 17.2 Å². The molecule has 1 aliphatic heterocycles. The predicted octanol–water partition coefficient (Wildman–Crippen LogP) is 2.85. The maximum absolute atomic E-state index is 11.8. The molecule has 7 heteroatoms. The van der Waals surface area contributed by atoms with Crippen molar-refractivity contribution in [2.24, 2.45) is 0 Å². The van der Waals surface area contributed by atoms with Crippen molar-refractivity contribution in [2.45, 2.75) is 19.8 Å². The monoisotopic (exact) mass is 368 g/mol. The zero-order chi connectivity index (χ0) is 19.2. The Labute approximate surface area is 158 Å². The Balaban J connectivity index is 1.71. The van der Waals surface area contributed by atoms with Gasteiger partial charge in [-0.25, -0.2) is 9.78 Å². The fraction of sp³-hybridized carbons (Fsp3) is 0.350. The lowest BCUT2D eigenvalue weighted by Crippen LogP contribution is -2.46. The molecule has 27 heavy (non-hydrogen) atoms. The summed E-state index contributed by atoms with van der Waals surface area (Å²) in [4.78, 5) is 32.2. The third-order valence-corrected chi connectivity index (χ3v) is 4.60. The van der Waals surface area contributed by atoms with Crippen molar-refractivity contribution in [1.82, 2.24) is 4.98 Å². The Morgan fingerprint density at radius 2 is 1.85 bits per heavy atom. The number of nitrogens with one attached hydrogen (secondary N) is 1. The number of aromatic nitrogens is 1. The Hall–Kier alpha value is -3.09. The number of nitrogens with zero attached hydrogens (tertiary/aromatic N) is 3. The molecule has 0 atom stereocenters. The SMILES string of the molecule is CCCC(=O)Nc1ccc(N2CCN(c3ccccn3)CC2)cc1C(=O)O. The topological polar surface area (TPSA) is 85.8 Å². The number of rotatable bonds is 6. The highest BCUT2D eigenvalue weighted by Crippen LogP contribution is 2.25. The lowest BCUT2D eigenvalue weighted by Gasteiger charge is -2.36. The molecule has 142 valence electrons. The van der Waals surface area contributed by atoms with Gasteiger partial charge in [0.2, 0.25) is 5.91 Å². The van der Waals surface area contributed by atoms with Crippen LogP contribution in [-0.4, -0.2) is 48.1 Å². The average molecular weight is 368 g/mol. The van der Waals surface area contributed by atoms with Gasteiger partial charge in [0, 0.05) is 44.5 Å². The van der Waals surface area contributed by atoms with Crippen molar-refractivity contribution in [3.05, 3.63) is 48.2 Å². The van der Waals surface area contributed by atoms with Crippen LogP contribution in [0.25, 0.3) is 0 Å². The number of carboxylic acids is 1. The van der Waals surface area contributed by atoms with E-state index in [-0.39, 0.29) is 11.5 Å². The molecule has 3 rings (SSSR count). The second-order valence-electron chi connectivity index (χ2n) is 6.50. The minimum absolute atomic E-state index is 0.115. The molecular formula is C20H24N4O3. The second kappa shape index (κ2) is 8.53. The van der Waals surface area contributed by atoms with Crippen LogP contribution in [0.5, 0.6) is 0 Å². The second-order valence-corrected chi connectivity index (χ2v) is 6.50. The Bertz CT molecular complexity index is 802. The van der Waals surface area contributed by atoms with E-state index >= 15 is 0 Å². The van der Waals surface area contributed by atoms with Gasteiger partial charge in [0.1, 0.15) is 5.82 Å². The Morgan fingerprint density at radius 3 is 2.48 bits per heavy atom. The smallest absolute Gasteiger partial charge is 0.337 e. The van der Waals surface area contributed by atoms with E-state index in [4.69, 9.17) is 0 Å². The molecule has 0 unspecified atom stereocenters. The summed E-state index contributed by atoms with van der Waals surface area (Å²) in [6, 6.07) is 11.0. The number of hydrogen-bond acceptors (Lipinski definition) is 5. The average Bonchev–Trinajstić information content (AvgIpc) is 2.69. The van der Waals surface area contributed by atoms with Gasteiger partial charge in [0.25, 0.3) is 0 Å². The van der Waals surface area contributed by atoms with Gasteiger partial charge in [-0.1, -0.05) is 13.0 Å². The minimum Gasteiger partial charge on any atom is -0.478 e. The molecule has 1 aromatic carbocycles. The van der Waals surface area contributed by atoms with Crippen molar-refractivity contribution < 1.29 is 14.7 Å². The highest BCUT2D eigenvalue weighted by Gasteiger charge is 2.20. The van der Waals surface area contributed by atoms with Gasteiger partial charge in [-0.3, -0.25) is 4.79 Å². The third-order valence-electron chi connectivity index (χ3n) is 4.60. The molecule has 2 N–H and O–H groups in total. The minimum atomic E-state index is -1.05. The molecule has 2 aromatic rings. The van der Waals surface area contributed by atoms with Crippen LogP contribution in [0.3, 0.4) is 0 Å². The summed E-state index contributed by atoms with van der Waals surface area (Å²) in [7, 11) is 0. The third kappa shape index (κ3) is 4.55. The number of hydrogen-bond donors (Lipinski definition) is 2. The number of anilines is 3. The van der Waals surface area contributed by atoms with E-state index in [1.807, 2.05) is 31.2 Å². The molecule has 0 bridgehead atoms. The standard InChI is InChI=1S/C20H24N4O3/c1-2-5-19(25)22-17-8-7-15(14-16(17)20(26)27)23-10-12-24(13-11-23)18-6-3-4-9-21-18/h3-4,6-9,14H,2,5,10-13H2,1H3,(H,22,25)(H,26,27). The first-order valence-electron chi connectivity index (χ1n) is 9.16. The first kappa shape index (κ1) is 18.7. The van der Waals surface area contributed by atoms with E-state index < -0.39 is 5.97 Å². The summed E-state index contributed by atoms with van der Waals surface area (Å²) >= 11 is 0. The number of piperazine rings is 1. The number of carbonyl (C=O) groups excluding carboxylic acids is 1. The molecule has 7 nitrogen and oxygen atoms in total. The van der Waals surface area contributed by atoms with Crippen molar-refractivity contribution in [1.29, 1.82) is 0 Å². The van der Waals surface area contributed by atoms with E-state index in [1.165, 1.54) is 0 Å². The number of benzene rings is 1. The van der Waals surface area contributed by atoms with Crippen LogP contribution in [0.2, 0.25) is 0 Å². The van der Waals surface area contributed by atoms with Crippen LogP contribution in [0.1, 0.15) is 30.1 Å². The number of aromatic carboxylic acids is 1. The zero-order valence-corrected chi connectivity index (χ0v) is 15.4. The Kier molecular flexibility index (Phi) is 5.90. The summed E-state index contributed by atoms with van der Waals surface area (Å²) in [5.74, 6) is -0.259. The van der Waals surface area contributed by atoms with Gasteiger partial charge in [-0.05, 0) is 36.8 Å². The summed E-state index contributed by atoms with van der Waals surface area (Å²) in [5.41, 5.74) is 1.31. The highest BCUT2D eigenvalue weighted by atomic mass is 16.4. The largest absolute Gasteiger partial charge is 0.478 e. The van der Waals surface area contributed by atoms with Crippen molar-refractivity contribution >= 4 is 29.1 Å². The highest BCUT2D eigenvalue weighted by molar-refractivity contribution is 6.01. The molecule has 1 fully saturated rings. The first-order chi connectivity index (χ1) is 13.1. The van der Waals surface area contributed by atoms with E-state index in [2.05, 4.69) is 20.1 Å². The summed E-state index contributed by atoms with van der Waals surface area (Å²) in [5, 5.41) is 12.2. The van der Waals surface area contributed by atoms with Gasteiger partial charge in [0.15, 0.2) is 0 Å². The summed E-state index contributed by atoms with van der Waals surface area (Å²) in [6.45, 7) is 5.09. The van der Waals surface area contributed by atoms with Gasteiger partial charge in [-0.15, -0.1) is 0 Å². The van der Waals surface area contributed by atoms with Gasteiger partial charge in [0.05, 0.1) is 11.3 Å². The van der Waals surface area contributed by atoms with Crippen LogP contribution in [0, 0.1) is 0 Å². The molecule has 1 aliphatic rings. The van der Waals surface area contributed by atoms with Crippen LogP contribution in [0.15, 0.2) is 42.6 Å². The number of carbonyl (C=O) groups is 2. The van der Waals surface area contributed by atoms with Gasteiger partial charge >= 0.3 is 5.97 Å². The van der Waals surface area contributed by atoms with Crippen LogP contribution in [-0.2, 0) is 4.79 Å². The maximum atomic E-state index is 11.8. The first-order valence-corrected chi connectivity index (χ1v) is 9.16. The molecule has 2 heterocycles. The van der Waals surface area contributed by atoms with Crippen LogP contribution < -0.4 is 15.1 Å². The molecular weight excluding hydrogens is 344 g/mol. The van der Waals surface area contributed by atoms with Crippen LogP contribution >= 0.6 is 0 Å². The Morgan fingerprint density at radius 1 is 1.11 bits per heavy atom. The van der Waals surface area contributed by atoms with Crippen molar-refractivity contribution in [3.63, 3.8) is 0 Å². The molecule has 0 spiro atoms. The summed E-state index contributed by atoms with van der Waals surface area (Å²) in [6.07, 6.45) is 2.87. The van der Waals surface area contributed by atoms with E-state index in [0.717, 1.165) is 37.7 Å². The molecule has 1 amide bonds. The molecule has 0 aliphatic carbocycles. The number of pyridine rings is 1. The zero-order valence-electron chi connectivity index (χ0n) is 15.4. The number of carboxylic acid groups (broad SMARTS) is 1. The van der Waals surface area contributed by atoms with Gasteiger partial charge in [-0.2, -0.15) is 0 Å². The normalized spacial score (nSPS) is 14.1. The molecule has 1 aromatic heterocycles.